The first kappa shape index (κ1) is 11.3. The molecule has 0 atom stereocenters. The lowest BCUT2D eigenvalue weighted by Crippen LogP contribution is -2.05. The molecule has 0 spiro atoms. The molecule has 76 valence electrons. The molecule has 0 saturated heterocycles. The normalized spacial score (nSPS) is 10.2. The standard InChI is InChI=1S/C9H9Cl2NO2/c10-7-2-1-5(4-12)9(11)6(7)3-8(13)14/h1-2H,3-4,12H2,(H,13,14). The summed E-state index contributed by atoms with van der Waals surface area (Å²) in [5, 5.41) is 9.34. The Bertz CT molecular complexity index is 366. The van der Waals surface area contributed by atoms with Crippen LogP contribution in [0.4, 0.5) is 0 Å². The Morgan fingerprint density at radius 1 is 1.43 bits per heavy atom. The molecule has 1 rings (SSSR count). The molecular weight excluding hydrogens is 225 g/mol. The van der Waals surface area contributed by atoms with Crippen LogP contribution in [0.5, 0.6) is 0 Å². The first-order valence-corrected chi connectivity index (χ1v) is 4.69. The molecule has 0 fully saturated rings. The predicted octanol–water partition coefficient (Wildman–Crippen LogP) is 2.08. The van der Waals surface area contributed by atoms with Gasteiger partial charge in [-0.2, -0.15) is 0 Å². The maximum atomic E-state index is 10.5. The van der Waals surface area contributed by atoms with Gasteiger partial charge in [0.1, 0.15) is 0 Å². The average Bonchev–Trinajstić information content (AvgIpc) is 2.12. The van der Waals surface area contributed by atoms with E-state index in [1.165, 1.54) is 0 Å². The van der Waals surface area contributed by atoms with Gasteiger partial charge in [-0.15, -0.1) is 0 Å². The zero-order valence-electron chi connectivity index (χ0n) is 7.26. The molecule has 0 aliphatic heterocycles. The molecule has 14 heavy (non-hydrogen) atoms. The second-order valence-corrected chi connectivity index (χ2v) is 3.56. The molecule has 0 radical (unpaired) electrons. The van der Waals surface area contributed by atoms with E-state index in [1.807, 2.05) is 0 Å². The topological polar surface area (TPSA) is 63.3 Å². The van der Waals surface area contributed by atoms with Crippen molar-refractivity contribution >= 4 is 29.2 Å². The van der Waals surface area contributed by atoms with Crippen LogP contribution in [0.3, 0.4) is 0 Å². The van der Waals surface area contributed by atoms with Gasteiger partial charge in [0.15, 0.2) is 0 Å². The number of aliphatic carboxylic acids is 1. The monoisotopic (exact) mass is 233 g/mol. The van der Waals surface area contributed by atoms with E-state index in [0.29, 0.717) is 21.2 Å². The first-order chi connectivity index (χ1) is 6.56. The lowest BCUT2D eigenvalue weighted by molar-refractivity contribution is -0.136. The summed E-state index contributed by atoms with van der Waals surface area (Å²) in [5.41, 5.74) is 6.55. The maximum Gasteiger partial charge on any atom is 0.307 e. The fourth-order valence-electron chi connectivity index (χ4n) is 1.12. The molecule has 1 aromatic carbocycles. The second kappa shape index (κ2) is 4.64. The van der Waals surface area contributed by atoms with Gasteiger partial charge in [0.05, 0.1) is 11.4 Å². The smallest absolute Gasteiger partial charge is 0.307 e. The van der Waals surface area contributed by atoms with Gasteiger partial charge in [0, 0.05) is 17.1 Å². The summed E-state index contributed by atoms with van der Waals surface area (Å²) in [4.78, 5) is 10.5. The third kappa shape index (κ3) is 2.38. The van der Waals surface area contributed by atoms with Crippen LogP contribution >= 0.6 is 23.2 Å². The maximum absolute atomic E-state index is 10.5. The van der Waals surface area contributed by atoms with Gasteiger partial charge in [-0.05, 0) is 11.6 Å². The Labute approximate surface area is 91.4 Å². The molecular formula is C9H9Cl2NO2. The number of nitrogens with two attached hydrogens (primary N) is 1. The highest BCUT2D eigenvalue weighted by molar-refractivity contribution is 6.36. The Morgan fingerprint density at radius 2 is 2.07 bits per heavy atom. The van der Waals surface area contributed by atoms with Crippen molar-refractivity contribution in [1.29, 1.82) is 0 Å². The molecule has 3 nitrogen and oxygen atoms in total. The first-order valence-electron chi connectivity index (χ1n) is 3.94. The van der Waals surface area contributed by atoms with E-state index in [4.69, 9.17) is 34.0 Å². The molecule has 0 unspecified atom stereocenters. The number of rotatable bonds is 3. The third-order valence-corrected chi connectivity index (χ3v) is 2.64. The van der Waals surface area contributed by atoms with Gasteiger partial charge in [0.25, 0.3) is 0 Å². The third-order valence-electron chi connectivity index (χ3n) is 1.81. The number of carbonyl (C=O) groups is 1. The number of hydrogen-bond donors (Lipinski definition) is 2. The van der Waals surface area contributed by atoms with Crippen LogP contribution in [0.25, 0.3) is 0 Å². The minimum Gasteiger partial charge on any atom is -0.481 e. The van der Waals surface area contributed by atoms with Crippen LogP contribution in [0.15, 0.2) is 12.1 Å². The van der Waals surface area contributed by atoms with Crippen molar-refractivity contribution < 1.29 is 9.90 Å². The van der Waals surface area contributed by atoms with Crippen molar-refractivity contribution in [2.45, 2.75) is 13.0 Å². The van der Waals surface area contributed by atoms with Crippen LogP contribution < -0.4 is 5.73 Å². The summed E-state index contributed by atoms with van der Waals surface area (Å²) >= 11 is 11.7. The number of carboxylic acids is 1. The van der Waals surface area contributed by atoms with Crippen molar-refractivity contribution in [3.63, 3.8) is 0 Å². The van der Waals surface area contributed by atoms with Crippen LogP contribution in [0.1, 0.15) is 11.1 Å². The molecule has 5 heteroatoms. The SMILES string of the molecule is NCc1ccc(Cl)c(CC(=O)O)c1Cl. The highest BCUT2D eigenvalue weighted by Gasteiger charge is 2.12. The largest absolute Gasteiger partial charge is 0.481 e. The summed E-state index contributed by atoms with van der Waals surface area (Å²) in [6, 6.07) is 3.30. The fourth-order valence-corrected chi connectivity index (χ4v) is 1.70. The summed E-state index contributed by atoms with van der Waals surface area (Å²) in [6.45, 7) is 0.266. The summed E-state index contributed by atoms with van der Waals surface area (Å²) in [7, 11) is 0. The molecule has 0 aliphatic rings. The fraction of sp³-hybridized carbons (Fsp3) is 0.222. The molecule has 0 aromatic heterocycles. The molecule has 0 amide bonds. The Morgan fingerprint density at radius 3 is 2.57 bits per heavy atom. The highest BCUT2D eigenvalue weighted by Crippen LogP contribution is 2.28. The van der Waals surface area contributed by atoms with E-state index < -0.39 is 5.97 Å². The Kier molecular flexibility index (Phi) is 3.75. The van der Waals surface area contributed by atoms with Crippen LogP contribution in [-0.4, -0.2) is 11.1 Å². The van der Waals surface area contributed by atoms with Crippen molar-refractivity contribution in [1.82, 2.24) is 0 Å². The summed E-state index contributed by atoms with van der Waals surface area (Å²) < 4.78 is 0. The second-order valence-electron chi connectivity index (χ2n) is 2.77. The minimum absolute atomic E-state index is 0.189. The molecule has 0 saturated carbocycles. The molecule has 1 aromatic rings. The van der Waals surface area contributed by atoms with Gasteiger partial charge in [-0.25, -0.2) is 0 Å². The molecule has 0 heterocycles. The minimum atomic E-state index is -0.969. The van der Waals surface area contributed by atoms with Crippen LogP contribution in [0.2, 0.25) is 10.0 Å². The summed E-state index contributed by atoms with van der Waals surface area (Å²) in [6.07, 6.45) is -0.189. The zero-order chi connectivity index (χ0) is 10.7. The number of halogens is 2. The van der Waals surface area contributed by atoms with Crippen molar-refractivity contribution in [3.8, 4) is 0 Å². The Hall–Kier alpha value is -0.770. The molecule has 3 N–H and O–H groups in total. The number of benzene rings is 1. The average molecular weight is 234 g/mol. The number of carboxylic acid groups (broad SMARTS) is 1. The summed E-state index contributed by atoms with van der Waals surface area (Å²) in [5.74, 6) is -0.969. The van der Waals surface area contributed by atoms with Gasteiger partial charge >= 0.3 is 5.97 Å². The molecule has 0 aliphatic carbocycles. The quantitative estimate of drug-likeness (QED) is 0.841. The van der Waals surface area contributed by atoms with E-state index in [9.17, 15) is 4.79 Å². The highest BCUT2D eigenvalue weighted by atomic mass is 35.5. The molecule has 0 bridgehead atoms. The van der Waals surface area contributed by atoms with Gasteiger partial charge < -0.3 is 10.8 Å². The van der Waals surface area contributed by atoms with Crippen molar-refractivity contribution in [2.75, 3.05) is 0 Å². The van der Waals surface area contributed by atoms with Gasteiger partial charge in [0.2, 0.25) is 0 Å². The van der Waals surface area contributed by atoms with Gasteiger partial charge in [-0.1, -0.05) is 29.3 Å². The Balaban J connectivity index is 3.18. The lowest BCUT2D eigenvalue weighted by atomic mass is 10.1. The van der Waals surface area contributed by atoms with E-state index in [-0.39, 0.29) is 13.0 Å². The lowest BCUT2D eigenvalue weighted by Gasteiger charge is -2.08. The van der Waals surface area contributed by atoms with Gasteiger partial charge in [-0.3, -0.25) is 4.79 Å². The van der Waals surface area contributed by atoms with E-state index in [1.54, 1.807) is 12.1 Å². The van der Waals surface area contributed by atoms with Crippen molar-refractivity contribution in [2.24, 2.45) is 5.73 Å². The van der Waals surface area contributed by atoms with Crippen molar-refractivity contribution in [3.05, 3.63) is 33.3 Å². The van der Waals surface area contributed by atoms with E-state index in [2.05, 4.69) is 0 Å². The van der Waals surface area contributed by atoms with Crippen LogP contribution in [-0.2, 0) is 17.8 Å². The van der Waals surface area contributed by atoms with E-state index >= 15 is 0 Å². The predicted molar refractivity (Wildman–Crippen MR) is 55.7 cm³/mol. The number of hydrogen-bond acceptors (Lipinski definition) is 2. The zero-order valence-corrected chi connectivity index (χ0v) is 8.77. The van der Waals surface area contributed by atoms with Crippen LogP contribution in [0, 0.1) is 0 Å². The van der Waals surface area contributed by atoms with E-state index in [0.717, 1.165) is 0 Å².